The number of hydrogen-bond donors (Lipinski definition) is 0. The molecule has 0 saturated heterocycles. The molecule has 15 heavy (non-hydrogen) atoms. The lowest BCUT2D eigenvalue weighted by atomic mass is 10.1. The summed E-state index contributed by atoms with van der Waals surface area (Å²) in [5.74, 6) is -5.03. The molecule has 0 amide bonds. The predicted octanol–water partition coefficient (Wildman–Crippen LogP) is 3.17. The van der Waals surface area contributed by atoms with Crippen LogP contribution in [0.3, 0.4) is 0 Å². The molecule has 0 radical (unpaired) electrons. The van der Waals surface area contributed by atoms with E-state index in [-0.39, 0.29) is 0 Å². The largest absolute Gasteiger partial charge is 0.281 e. The minimum atomic E-state index is -1.80. The highest BCUT2D eigenvalue weighted by Crippen LogP contribution is 2.24. The Morgan fingerprint density at radius 3 is 1.93 bits per heavy atom. The van der Waals surface area contributed by atoms with Gasteiger partial charge in [-0.2, -0.15) is 0 Å². The van der Waals surface area contributed by atoms with E-state index in [0.717, 1.165) is 0 Å². The average Bonchev–Trinajstić information content (AvgIpc) is 2.12. The van der Waals surface area contributed by atoms with Gasteiger partial charge in [-0.15, -0.1) is 0 Å². The molecular weight excluding hydrogens is 345 g/mol. The smallest absolute Gasteiger partial charge is 0.231 e. The van der Waals surface area contributed by atoms with E-state index in [4.69, 9.17) is 0 Å². The van der Waals surface area contributed by atoms with Crippen molar-refractivity contribution in [2.45, 2.75) is 0 Å². The number of rotatable bonds is 2. The Hall–Kier alpha value is -0.690. The first-order valence-corrected chi connectivity index (χ1v) is 5.02. The Morgan fingerprint density at radius 1 is 1.00 bits per heavy atom. The maximum atomic E-state index is 13.1. The summed E-state index contributed by atoms with van der Waals surface area (Å²) in [5, 5.41) is 0. The van der Waals surface area contributed by atoms with Crippen LogP contribution in [-0.4, -0.2) is 9.39 Å². The predicted molar refractivity (Wildman–Crippen MR) is 52.8 cm³/mol. The Bertz CT molecular complexity index is 460. The van der Waals surface area contributed by atoms with Crippen molar-refractivity contribution in [2.75, 3.05) is 0 Å². The molecular formula is C8HBr2F3O2. The second-order valence-corrected chi connectivity index (χ2v) is 3.90. The van der Waals surface area contributed by atoms with Gasteiger partial charge in [0, 0.05) is 5.56 Å². The van der Waals surface area contributed by atoms with Gasteiger partial charge < -0.3 is 0 Å². The van der Waals surface area contributed by atoms with Gasteiger partial charge in [0.2, 0.25) is 9.39 Å². The van der Waals surface area contributed by atoms with Crippen molar-refractivity contribution >= 4 is 41.2 Å². The molecule has 0 aliphatic rings. The minimum Gasteiger partial charge on any atom is -0.281 e. The maximum Gasteiger partial charge on any atom is 0.231 e. The lowest BCUT2D eigenvalue weighted by molar-refractivity contribution is 0.106. The van der Waals surface area contributed by atoms with E-state index in [1.165, 1.54) is 0 Å². The van der Waals surface area contributed by atoms with Crippen LogP contribution in [0.4, 0.5) is 13.2 Å². The molecule has 0 N–H and O–H groups in total. The fraction of sp³-hybridized carbons (Fsp3) is 0. The van der Waals surface area contributed by atoms with Gasteiger partial charge >= 0.3 is 0 Å². The molecule has 0 bridgehead atoms. The van der Waals surface area contributed by atoms with Gasteiger partial charge in [-0.05, 0) is 37.9 Å². The summed E-state index contributed by atoms with van der Waals surface area (Å²) < 4.78 is 36.6. The monoisotopic (exact) mass is 344 g/mol. The van der Waals surface area contributed by atoms with Gasteiger partial charge in [-0.1, -0.05) is 0 Å². The van der Waals surface area contributed by atoms with Gasteiger partial charge in [0.05, 0.1) is 5.56 Å². The van der Waals surface area contributed by atoms with Crippen LogP contribution in [0.2, 0.25) is 0 Å². The molecule has 0 aliphatic heterocycles. The van der Waals surface area contributed by atoms with E-state index in [2.05, 4.69) is 31.9 Å². The van der Waals surface area contributed by atoms with Gasteiger partial charge in [0.1, 0.15) is 0 Å². The van der Waals surface area contributed by atoms with Crippen LogP contribution in [0.15, 0.2) is 6.07 Å². The van der Waals surface area contributed by atoms with Crippen LogP contribution in [0.5, 0.6) is 0 Å². The maximum absolute atomic E-state index is 13.1. The zero-order valence-electron chi connectivity index (χ0n) is 6.78. The molecule has 0 aromatic heterocycles. The summed E-state index contributed by atoms with van der Waals surface area (Å²) >= 11 is 4.80. The summed E-state index contributed by atoms with van der Waals surface area (Å²) in [6.07, 6.45) is 0. The Kier molecular flexibility index (Phi) is 3.67. The lowest BCUT2D eigenvalue weighted by Gasteiger charge is -2.04. The fourth-order valence-electron chi connectivity index (χ4n) is 0.942. The second-order valence-electron chi connectivity index (χ2n) is 2.46. The van der Waals surface area contributed by atoms with Gasteiger partial charge in [-0.3, -0.25) is 9.59 Å². The molecule has 0 spiro atoms. The summed E-state index contributed by atoms with van der Waals surface area (Å²) in [5.41, 5.74) is -1.41. The van der Waals surface area contributed by atoms with E-state index in [0.29, 0.717) is 6.07 Å². The normalized spacial score (nSPS) is 10.2. The van der Waals surface area contributed by atoms with Crippen molar-refractivity contribution in [3.05, 3.63) is 34.6 Å². The first-order valence-electron chi connectivity index (χ1n) is 3.43. The highest BCUT2D eigenvalue weighted by Gasteiger charge is 2.24. The fourth-order valence-corrected chi connectivity index (χ4v) is 1.64. The third-order valence-electron chi connectivity index (χ3n) is 1.57. The third-order valence-corrected chi connectivity index (χ3v) is 2.39. The van der Waals surface area contributed by atoms with Crippen molar-refractivity contribution < 1.29 is 22.8 Å². The molecule has 0 atom stereocenters. The zero-order valence-corrected chi connectivity index (χ0v) is 9.96. The van der Waals surface area contributed by atoms with E-state index in [9.17, 15) is 22.8 Å². The molecule has 0 saturated carbocycles. The molecule has 0 unspecified atom stereocenters. The van der Waals surface area contributed by atoms with Crippen molar-refractivity contribution in [1.29, 1.82) is 0 Å². The topological polar surface area (TPSA) is 34.1 Å². The quantitative estimate of drug-likeness (QED) is 0.609. The van der Waals surface area contributed by atoms with Crippen LogP contribution in [0, 0.1) is 17.5 Å². The molecule has 1 rings (SSSR count). The number of hydrogen-bond acceptors (Lipinski definition) is 2. The van der Waals surface area contributed by atoms with Crippen LogP contribution < -0.4 is 0 Å². The molecule has 0 fully saturated rings. The molecule has 7 heteroatoms. The first kappa shape index (κ1) is 12.4. The average molecular weight is 346 g/mol. The Balaban J connectivity index is 3.65. The van der Waals surface area contributed by atoms with Gasteiger partial charge in [0.15, 0.2) is 17.5 Å². The third kappa shape index (κ3) is 2.28. The Morgan fingerprint density at radius 2 is 1.53 bits per heavy atom. The summed E-state index contributed by atoms with van der Waals surface area (Å²) in [6, 6.07) is 0.448. The number of carbonyl (C=O) groups excluding carboxylic acids is 2. The summed E-state index contributed by atoms with van der Waals surface area (Å²) in [6.45, 7) is 0. The van der Waals surface area contributed by atoms with E-state index in [1.54, 1.807) is 0 Å². The van der Waals surface area contributed by atoms with Gasteiger partial charge in [-0.25, -0.2) is 13.2 Å². The van der Waals surface area contributed by atoms with Crippen molar-refractivity contribution in [3.63, 3.8) is 0 Å². The van der Waals surface area contributed by atoms with E-state index in [1.807, 2.05) is 0 Å². The molecule has 0 aliphatic carbocycles. The van der Waals surface area contributed by atoms with Crippen LogP contribution in [-0.2, 0) is 0 Å². The zero-order chi connectivity index (χ0) is 11.7. The SMILES string of the molecule is O=C(Br)c1cc(F)c(F)c(F)c1C(=O)Br. The molecule has 1 aromatic rings. The van der Waals surface area contributed by atoms with Crippen molar-refractivity contribution in [2.24, 2.45) is 0 Å². The molecule has 0 heterocycles. The molecule has 1 aromatic carbocycles. The molecule has 80 valence electrons. The number of halogens is 5. The highest BCUT2D eigenvalue weighted by molar-refractivity contribution is 9.18. The summed E-state index contributed by atoms with van der Waals surface area (Å²) in [7, 11) is 0. The second kappa shape index (κ2) is 4.44. The van der Waals surface area contributed by atoms with Crippen molar-refractivity contribution in [3.8, 4) is 0 Å². The van der Waals surface area contributed by atoms with Gasteiger partial charge in [0.25, 0.3) is 0 Å². The minimum absolute atomic E-state index is 0.448. The first-order chi connectivity index (χ1) is 6.86. The standard InChI is InChI=1S/C8HBr2F3O2/c9-7(14)2-1-3(11)5(12)6(13)4(2)8(10)15/h1H. The highest BCUT2D eigenvalue weighted by atomic mass is 79.9. The van der Waals surface area contributed by atoms with Crippen LogP contribution in [0.1, 0.15) is 20.7 Å². The lowest BCUT2D eigenvalue weighted by Crippen LogP contribution is -2.08. The number of carbonyl (C=O) groups is 2. The van der Waals surface area contributed by atoms with E-state index < -0.39 is 38.0 Å². The molecule has 2 nitrogen and oxygen atoms in total. The Labute approximate surface area is 98.7 Å². The van der Waals surface area contributed by atoms with Crippen molar-refractivity contribution in [1.82, 2.24) is 0 Å². The van der Waals surface area contributed by atoms with Crippen LogP contribution >= 0.6 is 31.9 Å². The van der Waals surface area contributed by atoms with E-state index >= 15 is 0 Å². The summed E-state index contributed by atoms with van der Waals surface area (Å²) in [4.78, 5) is 21.7. The van der Waals surface area contributed by atoms with Crippen LogP contribution in [0.25, 0.3) is 0 Å². The number of benzene rings is 1.